The Labute approximate surface area is 205 Å². The lowest BCUT2D eigenvalue weighted by Gasteiger charge is -2.38. The highest BCUT2D eigenvalue weighted by atomic mass is 31.2. The fourth-order valence-corrected chi connectivity index (χ4v) is 6.78. The number of aromatic nitrogens is 5. The SMILES string of the molecule is [C-]#[N+]CCOP(OC1[C@H]2[C@H](n3cc(C)c(=O)[nH]c3=O)O[C@@]1(CC)c1cnnn12)N(C(C)C)C(C)C. The summed E-state index contributed by atoms with van der Waals surface area (Å²) in [4.78, 5) is 30.5. The van der Waals surface area contributed by atoms with E-state index in [0.29, 0.717) is 12.0 Å². The second-order valence-electron chi connectivity index (χ2n) is 9.33. The van der Waals surface area contributed by atoms with E-state index in [4.69, 9.17) is 20.4 Å². The van der Waals surface area contributed by atoms with Crippen molar-refractivity contribution in [1.29, 1.82) is 0 Å². The van der Waals surface area contributed by atoms with Gasteiger partial charge in [0.2, 0.25) is 6.54 Å². The molecule has 2 aliphatic rings. The smallest absolute Gasteiger partial charge is 0.330 e. The van der Waals surface area contributed by atoms with Crippen molar-refractivity contribution in [3.05, 3.63) is 55.9 Å². The highest BCUT2D eigenvalue weighted by molar-refractivity contribution is 7.44. The number of aromatic amines is 1. The minimum absolute atomic E-state index is 0.130. The Morgan fingerprint density at radius 3 is 2.69 bits per heavy atom. The van der Waals surface area contributed by atoms with Gasteiger partial charge >= 0.3 is 5.69 Å². The Morgan fingerprint density at radius 1 is 1.34 bits per heavy atom. The molecule has 12 nitrogen and oxygen atoms in total. The van der Waals surface area contributed by atoms with Crippen molar-refractivity contribution in [1.82, 2.24) is 29.2 Å². The number of fused-ring (bicyclic) bond motifs is 5. The summed E-state index contributed by atoms with van der Waals surface area (Å²) >= 11 is 0. The van der Waals surface area contributed by atoms with Crippen LogP contribution in [-0.4, -0.2) is 60.6 Å². The highest BCUT2D eigenvalue weighted by Crippen LogP contribution is 2.62. The molecule has 2 unspecified atom stereocenters. The van der Waals surface area contributed by atoms with Crippen molar-refractivity contribution < 1.29 is 13.8 Å². The van der Waals surface area contributed by atoms with Crippen molar-refractivity contribution in [3.63, 3.8) is 0 Å². The topological polar surface area (TPSA) is 121 Å². The maximum absolute atomic E-state index is 12.8. The molecule has 35 heavy (non-hydrogen) atoms. The summed E-state index contributed by atoms with van der Waals surface area (Å²) in [7, 11) is -1.56. The third-order valence-electron chi connectivity index (χ3n) is 6.48. The summed E-state index contributed by atoms with van der Waals surface area (Å²) in [6.07, 6.45) is 2.43. The van der Waals surface area contributed by atoms with E-state index in [1.165, 1.54) is 10.8 Å². The number of nitrogens with zero attached hydrogens (tertiary/aromatic N) is 6. The maximum atomic E-state index is 12.8. The van der Waals surface area contributed by atoms with Crippen LogP contribution in [0.15, 0.2) is 22.0 Å². The van der Waals surface area contributed by atoms with E-state index in [-0.39, 0.29) is 25.2 Å². The van der Waals surface area contributed by atoms with Crippen molar-refractivity contribution in [2.45, 2.75) is 84.0 Å². The molecule has 2 aliphatic heterocycles. The van der Waals surface area contributed by atoms with Crippen LogP contribution in [0.4, 0.5) is 0 Å². The standard InChI is InChI=1S/C22H32N7O5P/c1-8-22-16-11-24-26-28(16)17(20(33-22)27-12-15(6)19(30)25-21(27)31)18(22)34-35(32-10-9-23-7)29(13(2)3)14(4)5/h11-14,17-18,20H,8-10H2,1-6H3,(H,25,30,31)/t17-,18?,20+,22-,35?/m0/s1. The van der Waals surface area contributed by atoms with Gasteiger partial charge in [-0.15, -0.1) is 5.10 Å². The normalized spacial score (nSPS) is 26.0. The maximum Gasteiger partial charge on any atom is 0.330 e. The molecule has 4 heterocycles. The van der Waals surface area contributed by atoms with Crippen LogP contribution < -0.4 is 11.2 Å². The average molecular weight is 506 g/mol. The number of H-pyrrole nitrogens is 1. The second kappa shape index (κ2) is 9.91. The molecule has 1 N–H and O–H groups in total. The molecule has 0 saturated carbocycles. The van der Waals surface area contributed by atoms with Crippen molar-refractivity contribution in [2.75, 3.05) is 13.2 Å². The quantitative estimate of drug-likeness (QED) is 0.297. The van der Waals surface area contributed by atoms with E-state index in [9.17, 15) is 9.59 Å². The van der Waals surface area contributed by atoms with Gasteiger partial charge < -0.3 is 18.6 Å². The number of rotatable bonds is 10. The predicted molar refractivity (Wildman–Crippen MR) is 129 cm³/mol. The minimum Gasteiger partial charge on any atom is -0.340 e. The summed E-state index contributed by atoms with van der Waals surface area (Å²) < 4.78 is 24.8. The summed E-state index contributed by atoms with van der Waals surface area (Å²) in [6, 6.07) is -0.248. The zero-order chi connectivity index (χ0) is 25.5. The third-order valence-corrected chi connectivity index (χ3v) is 8.60. The summed E-state index contributed by atoms with van der Waals surface area (Å²) in [5.74, 6) is 0. The van der Waals surface area contributed by atoms with Crippen LogP contribution in [0.5, 0.6) is 0 Å². The summed E-state index contributed by atoms with van der Waals surface area (Å²) in [5, 5.41) is 8.39. The molecule has 190 valence electrons. The molecular formula is C22H32N7O5P. The number of ether oxygens (including phenoxy) is 1. The first-order valence-corrected chi connectivity index (χ1v) is 12.9. The van der Waals surface area contributed by atoms with Crippen LogP contribution in [0.1, 0.15) is 64.6 Å². The van der Waals surface area contributed by atoms with E-state index in [1.54, 1.807) is 17.8 Å². The number of nitrogens with one attached hydrogen (secondary N) is 1. The van der Waals surface area contributed by atoms with Gasteiger partial charge in [-0.05, 0) is 41.0 Å². The van der Waals surface area contributed by atoms with Crippen molar-refractivity contribution in [3.8, 4) is 0 Å². The van der Waals surface area contributed by atoms with E-state index in [0.717, 1.165) is 5.69 Å². The first-order valence-electron chi connectivity index (χ1n) is 11.8. The van der Waals surface area contributed by atoms with Crippen LogP contribution in [0, 0.1) is 13.5 Å². The molecule has 5 atom stereocenters. The Bertz CT molecular complexity index is 1210. The van der Waals surface area contributed by atoms with Crippen molar-refractivity contribution in [2.24, 2.45) is 0 Å². The Hall–Kier alpha value is -2.42. The van der Waals surface area contributed by atoms with Gasteiger partial charge in [0.15, 0.2) is 6.23 Å². The van der Waals surface area contributed by atoms with E-state index in [2.05, 4.69) is 52.5 Å². The molecule has 0 radical (unpaired) electrons. The fraction of sp³-hybridized carbons (Fsp3) is 0.682. The van der Waals surface area contributed by atoms with Gasteiger partial charge in [0.05, 0.1) is 11.9 Å². The first-order chi connectivity index (χ1) is 16.7. The van der Waals surface area contributed by atoms with E-state index < -0.39 is 43.7 Å². The molecular weight excluding hydrogens is 473 g/mol. The van der Waals surface area contributed by atoms with Gasteiger partial charge in [-0.1, -0.05) is 12.1 Å². The molecule has 0 aliphatic carbocycles. The summed E-state index contributed by atoms with van der Waals surface area (Å²) in [6.45, 7) is 19.5. The zero-order valence-corrected chi connectivity index (χ0v) is 21.7. The van der Waals surface area contributed by atoms with Crippen molar-refractivity contribution >= 4 is 8.53 Å². The third kappa shape index (κ3) is 4.26. The molecule has 0 amide bonds. The second-order valence-corrected chi connectivity index (χ2v) is 10.7. The van der Waals surface area contributed by atoms with Crippen LogP contribution >= 0.6 is 8.53 Å². The minimum atomic E-state index is -1.56. The van der Waals surface area contributed by atoms with Gasteiger partial charge in [0.1, 0.15) is 24.4 Å². The van der Waals surface area contributed by atoms with Gasteiger partial charge in [0.25, 0.3) is 14.1 Å². The molecule has 13 heteroatoms. The molecule has 2 aromatic rings. The zero-order valence-electron chi connectivity index (χ0n) is 20.8. The molecule has 2 aromatic heterocycles. The fourth-order valence-electron chi connectivity index (χ4n) is 5.00. The Balaban J connectivity index is 1.77. The van der Waals surface area contributed by atoms with E-state index >= 15 is 0 Å². The lowest BCUT2D eigenvalue weighted by atomic mass is 9.93. The molecule has 1 saturated heterocycles. The predicted octanol–water partition coefficient (Wildman–Crippen LogP) is 2.49. The molecule has 4 rings (SSSR count). The number of hydrogen-bond donors (Lipinski definition) is 1. The lowest BCUT2D eigenvalue weighted by Crippen LogP contribution is -2.39. The molecule has 0 spiro atoms. The lowest BCUT2D eigenvalue weighted by molar-refractivity contribution is -0.120. The molecule has 0 aromatic carbocycles. The van der Waals surface area contributed by atoms with Crippen LogP contribution in [0.2, 0.25) is 0 Å². The van der Waals surface area contributed by atoms with Crippen LogP contribution in [0.25, 0.3) is 4.85 Å². The van der Waals surface area contributed by atoms with Gasteiger partial charge in [-0.25, -0.2) is 20.7 Å². The highest BCUT2D eigenvalue weighted by Gasteiger charge is 2.66. The Kier molecular flexibility index (Phi) is 7.27. The molecule has 2 bridgehead atoms. The molecule has 1 fully saturated rings. The Morgan fingerprint density at radius 2 is 2.06 bits per heavy atom. The van der Waals surface area contributed by atoms with E-state index in [1.807, 2.05) is 6.92 Å². The van der Waals surface area contributed by atoms with Gasteiger partial charge in [-0.2, -0.15) is 0 Å². The monoisotopic (exact) mass is 505 g/mol. The average Bonchev–Trinajstić information content (AvgIpc) is 3.45. The van der Waals surface area contributed by atoms with Crippen LogP contribution in [0.3, 0.4) is 0 Å². The number of aryl methyl sites for hydroxylation is 1. The first kappa shape index (κ1) is 25.7. The number of hydrogen-bond acceptors (Lipinski definition) is 8. The largest absolute Gasteiger partial charge is 0.340 e. The van der Waals surface area contributed by atoms with Gasteiger partial charge in [0, 0.05) is 23.8 Å². The van der Waals surface area contributed by atoms with Crippen LogP contribution in [-0.2, 0) is 19.4 Å². The summed E-state index contributed by atoms with van der Waals surface area (Å²) in [5.41, 5.74) is -0.738. The van der Waals surface area contributed by atoms with Gasteiger partial charge in [-0.3, -0.25) is 14.3 Å².